The molecule has 0 radical (unpaired) electrons. The van der Waals surface area contributed by atoms with Crippen molar-refractivity contribution in [1.29, 1.82) is 0 Å². The molecule has 3 aliphatic rings. The average Bonchev–Trinajstić information content (AvgIpc) is 3.17. The molecule has 2 N–H and O–H groups in total. The maximum Gasteiger partial charge on any atom is 0.233 e. The van der Waals surface area contributed by atoms with Crippen molar-refractivity contribution in [3.63, 3.8) is 0 Å². The fraction of sp³-hybridized carbons (Fsp3) is 0.938. The first-order chi connectivity index (χ1) is 10.3. The van der Waals surface area contributed by atoms with Gasteiger partial charge in [0.25, 0.3) is 0 Å². The van der Waals surface area contributed by atoms with Gasteiger partial charge in [0.2, 0.25) is 5.91 Å². The molecule has 0 bridgehead atoms. The first kappa shape index (κ1) is 15.6. The summed E-state index contributed by atoms with van der Waals surface area (Å²) in [5.74, 6) is 2.21. The maximum absolute atomic E-state index is 12.0. The molecule has 3 unspecified atom stereocenters. The number of carbonyl (C=O) groups is 1. The van der Waals surface area contributed by atoms with E-state index in [2.05, 4.69) is 10.8 Å². The van der Waals surface area contributed by atoms with Crippen molar-refractivity contribution < 1.29 is 9.63 Å². The van der Waals surface area contributed by atoms with E-state index < -0.39 is 0 Å². The van der Waals surface area contributed by atoms with Crippen LogP contribution in [0.4, 0.5) is 0 Å². The highest BCUT2D eigenvalue weighted by Crippen LogP contribution is 2.30. The lowest BCUT2D eigenvalue weighted by Crippen LogP contribution is -2.37. The van der Waals surface area contributed by atoms with E-state index >= 15 is 0 Å². The number of hydrogen-bond acceptors (Lipinski definition) is 4. The zero-order chi connectivity index (χ0) is 14.5. The predicted octanol–water partition coefficient (Wildman–Crippen LogP) is 2.63. The monoisotopic (exact) mass is 312 g/mol. The van der Waals surface area contributed by atoms with Gasteiger partial charge in [-0.15, -0.1) is 11.8 Å². The second kappa shape index (κ2) is 7.84. The Morgan fingerprint density at radius 2 is 2.05 bits per heavy atom. The van der Waals surface area contributed by atoms with Gasteiger partial charge in [0.1, 0.15) is 0 Å². The summed E-state index contributed by atoms with van der Waals surface area (Å²) >= 11 is 1.79. The van der Waals surface area contributed by atoms with Gasteiger partial charge in [0.15, 0.2) is 0 Å². The van der Waals surface area contributed by atoms with Gasteiger partial charge in [-0.1, -0.05) is 32.1 Å². The van der Waals surface area contributed by atoms with E-state index in [0.717, 1.165) is 24.5 Å². The number of hydrogen-bond donors (Lipinski definition) is 2. The van der Waals surface area contributed by atoms with E-state index in [4.69, 9.17) is 4.84 Å². The van der Waals surface area contributed by atoms with Crippen LogP contribution >= 0.6 is 11.8 Å². The van der Waals surface area contributed by atoms with Crippen LogP contribution in [0.25, 0.3) is 0 Å². The van der Waals surface area contributed by atoms with Gasteiger partial charge < -0.3 is 5.32 Å². The maximum atomic E-state index is 12.0. The van der Waals surface area contributed by atoms with E-state index in [1.165, 1.54) is 44.9 Å². The normalized spacial score (nSPS) is 34.2. The summed E-state index contributed by atoms with van der Waals surface area (Å²) < 4.78 is 0. The van der Waals surface area contributed by atoms with Gasteiger partial charge in [0.05, 0.1) is 11.4 Å². The van der Waals surface area contributed by atoms with Crippen molar-refractivity contribution >= 4 is 17.7 Å². The summed E-state index contributed by atoms with van der Waals surface area (Å²) in [5, 5.41) is 3.24. The van der Waals surface area contributed by atoms with Crippen LogP contribution in [0.5, 0.6) is 0 Å². The molecule has 1 amide bonds. The van der Waals surface area contributed by atoms with Crippen molar-refractivity contribution in [3.8, 4) is 0 Å². The SMILES string of the molecule is O=C(NCC1CC(CC2CCCCC2)NO1)C1CCCS1. The molecule has 2 aliphatic heterocycles. The molecule has 0 aromatic carbocycles. The predicted molar refractivity (Wildman–Crippen MR) is 86.1 cm³/mol. The molecule has 1 saturated carbocycles. The number of nitrogens with one attached hydrogen (secondary N) is 2. The third-order valence-corrected chi connectivity index (χ3v) is 6.39. The lowest BCUT2D eigenvalue weighted by atomic mass is 9.84. The molecule has 1 aliphatic carbocycles. The van der Waals surface area contributed by atoms with E-state index in [1.54, 1.807) is 11.8 Å². The van der Waals surface area contributed by atoms with Gasteiger partial charge in [0, 0.05) is 12.6 Å². The zero-order valence-electron chi connectivity index (χ0n) is 12.8. The third-order valence-electron chi connectivity index (χ3n) is 5.02. The van der Waals surface area contributed by atoms with E-state index in [1.807, 2.05) is 0 Å². The Bertz CT molecular complexity index is 341. The number of hydroxylamine groups is 1. The second-order valence-electron chi connectivity index (χ2n) is 6.78. The summed E-state index contributed by atoms with van der Waals surface area (Å²) in [7, 11) is 0. The van der Waals surface area contributed by atoms with E-state index in [-0.39, 0.29) is 17.3 Å². The highest BCUT2D eigenvalue weighted by Gasteiger charge is 2.29. The van der Waals surface area contributed by atoms with Crippen LogP contribution in [-0.4, -0.2) is 35.6 Å². The van der Waals surface area contributed by atoms with Crippen LogP contribution in [-0.2, 0) is 9.63 Å². The molecule has 0 aromatic rings. The molecule has 4 nitrogen and oxygen atoms in total. The summed E-state index contributed by atoms with van der Waals surface area (Å²) in [6.07, 6.45) is 11.6. The van der Waals surface area contributed by atoms with E-state index in [0.29, 0.717) is 12.6 Å². The summed E-state index contributed by atoms with van der Waals surface area (Å²) in [6.45, 7) is 0.657. The molecule has 2 heterocycles. The molecule has 0 spiro atoms. The summed E-state index contributed by atoms with van der Waals surface area (Å²) in [6, 6.07) is 0.482. The second-order valence-corrected chi connectivity index (χ2v) is 8.09. The van der Waals surface area contributed by atoms with Crippen LogP contribution in [0.15, 0.2) is 0 Å². The molecule has 120 valence electrons. The Morgan fingerprint density at radius 1 is 1.19 bits per heavy atom. The Hall–Kier alpha value is -0.260. The molecule has 3 atom stereocenters. The summed E-state index contributed by atoms with van der Waals surface area (Å²) in [4.78, 5) is 17.6. The van der Waals surface area contributed by atoms with E-state index in [9.17, 15) is 4.79 Å². The fourth-order valence-corrected chi connectivity index (χ4v) is 5.00. The number of carbonyl (C=O) groups excluding carboxylic acids is 1. The lowest BCUT2D eigenvalue weighted by Gasteiger charge is -2.23. The third kappa shape index (κ3) is 4.60. The zero-order valence-corrected chi connectivity index (χ0v) is 13.6. The molecular weight excluding hydrogens is 284 g/mol. The lowest BCUT2D eigenvalue weighted by molar-refractivity contribution is -0.121. The van der Waals surface area contributed by atoms with Crippen LogP contribution < -0.4 is 10.8 Å². The molecule has 5 heteroatoms. The van der Waals surface area contributed by atoms with Gasteiger partial charge in [-0.05, 0) is 37.4 Å². The van der Waals surface area contributed by atoms with Gasteiger partial charge >= 0.3 is 0 Å². The van der Waals surface area contributed by atoms with Crippen LogP contribution in [0.1, 0.15) is 57.8 Å². The highest BCUT2D eigenvalue weighted by molar-refractivity contribution is 8.00. The number of thioether (sulfide) groups is 1. The van der Waals surface area contributed by atoms with Crippen LogP contribution in [0, 0.1) is 5.92 Å². The first-order valence-electron chi connectivity index (χ1n) is 8.62. The van der Waals surface area contributed by atoms with Crippen LogP contribution in [0.2, 0.25) is 0 Å². The molecule has 0 aromatic heterocycles. The summed E-state index contributed by atoms with van der Waals surface area (Å²) in [5.41, 5.74) is 3.19. The number of rotatable bonds is 5. The minimum absolute atomic E-state index is 0.147. The Morgan fingerprint density at radius 3 is 2.81 bits per heavy atom. The van der Waals surface area contributed by atoms with Crippen LogP contribution in [0.3, 0.4) is 0 Å². The van der Waals surface area contributed by atoms with Gasteiger partial charge in [-0.25, -0.2) is 0 Å². The smallest absolute Gasteiger partial charge is 0.233 e. The van der Waals surface area contributed by atoms with Crippen molar-refractivity contribution in [1.82, 2.24) is 10.8 Å². The number of amides is 1. The Labute approximate surface area is 132 Å². The van der Waals surface area contributed by atoms with Gasteiger partial charge in [-0.2, -0.15) is 5.48 Å². The van der Waals surface area contributed by atoms with Gasteiger partial charge in [-0.3, -0.25) is 9.63 Å². The molecule has 3 rings (SSSR count). The molecule has 3 fully saturated rings. The Balaban J connectivity index is 1.33. The molecule has 2 saturated heterocycles. The first-order valence-corrected chi connectivity index (χ1v) is 9.66. The molecule has 21 heavy (non-hydrogen) atoms. The molecular formula is C16H28N2O2S. The topological polar surface area (TPSA) is 50.4 Å². The minimum atomic E-state index is 0.147. The van der Waals surface area contributed by atoms with Crippen molar-refractivity contribution in [2.24, 2.45) is 5.92 Å². The van der Waals surface area contributed by atoms with Crippen molar-refractivity contribution in [2.75, 3.05) is 12.3 Å². The quantitative estimate of drug-likeness (QED) is 0.819. The highest BCUT2D eigenvalue weighted by atomic mass is 32.2. The van der Waals surface area contributed by atoms with Crippen molar-refractivity contribution in [2.45, 2.75) is 75.2 Å². The minimum Gasteiger partial charge on any atom is -0.352 e. The largest absolute Gasteiger partial charge is 0.352 e. The van der Waals surface area contributed by atoms with Crippen molar-refractivity contribution in [3.05, 3.63) is 0 Å². The fourth-order valence-electron chi connectivity index (χ4n) is 3.81. The average molecular weight is 312 g/mol. The standard InChI is InChI=1S/C16H28N2O2S/c19-16(15-7-4-8-21-15)17-11-14-10-13(18-20-14)9-12-5-2-1-3-6-12/h12-15,18H,1-11H2,(H,17,19). The Kier molecular flexibility index (Phi) is 5.83.